The van der Waals surface area contributed by atoms with E-state index < -0.39 is 8.07 Å². The number of allylic oxidation sites excluding steroid dienone is 2. The maximum absolute atomic E-state index is 11.7. The van der Waals surface area contributed by atoms with Gasteiger partial charge >= 0.3 is 0 Å². The largest absolute Gasteiger partial charge is 0.512 e. The molecule has 1 N–H and O–H groups in total. The van der Waals surface area contributed by atoms with Crippen LogP contribution in [0.2, 0.25) is 19.6 Å². The fourth-order valence-corrected chi connectivity index (χ4v) is 6.66. The molecule has 5 heteroatoms. The van der Waals surface area contributed by atoms with Gasteiger partial charge in [-0.2, -0.15) is 0 Å². The summed E-state index contributed by atoms with van der Waals surface area (Å²) in [7, 11) is -1.40. The van der Waals surface area contributed by atoms with Gasteiger partial charge in [0.1, 0.15) is 0 Å². The Bertz CT molecular complexity index is 1530. The Balaban J connectivity index is 0.000000363. The van der Waals surface area contributed by atoms with E-state index in [1.807, 2.05) is 27.7 Å². The summed E-state index contributed by atoms with van der Waals surface area (Å²) in [4.78, 5) is 16.7. The van der Waals surface area contributed by atoms with E-state index in [-0.39, 0.29) is 43.5 Å². The summed E-state index contributed by atoms with van der Waals surface area (Å²) in [6, 6.07) is 27.5. The fourth-order valence-electron chi connectivity index (χ4n) is 5.50. The molecule has 0 aliphatic heterocycles. The van der Waals surface area contributed by atoms with Crippen LogP contribution >= 0.6 is 0 Å². The second-order valence-electron chi connectivity index (χ2n) is 12.7. The van der Waals surface area contributed by atoms with Gasteiger partial charge in [-0.05, 0) is 48.6 Å². The Kier molecular flexibility index (Phi) is 14.4. The number of fused-ring (bicyclic) bond motifs is 1. The average Bonchev–Trinajstić information content (AvgIpc) is 2.97. The van der Waals surface area contributed by atoms with Gasteiger partial charge in [0.25, 0.3) is 0 Å². The molecule has 0 aliphatic carbocycles. The minimum absolute atomic E-state index is 0. The molecule has 4 rings (SSSR count). The van der Waals surface area contributed by atoms with Gasteiger partial charge in [-0.1, -0.05) is 115 Å². The maximum atomic E-state index is 11.7. The summed E-state index contributed by atoms with van der Waals surface area (Å²) < 4.78 is 0. The molecule has 0 bridgehead atoms. The number of nitrogens with zero attached hydrogens (tertiary/aromatic N) is 1. The summed E-state index contributed by atoms with van der Waals surface area (Å²) in [5, 5.41) is 12.5. The van der Waals surface area contributed by atoms with Gasteiger partial charge < -0.3 is 5.11 Å². The molecule has 1 heterocycles. The summed E-state index contributed by atoms with van der Waals surface area (Å²) in [5.74, 6) is 0.547. The van der Waals surface area contributed by atoms with Gasteiger partial charge in [0, 0.05) is 43.4 Å². The number of aliphatic hydroxyl groups is 1. The second-order valence-corrected chi connectivity index (χ2v) is 17.7. The molecule has 1 radical (unpaired) electrons. The van der Waals surface area contributed by atoms with Crippen molar-refractivity contribution in [3.8, 4) is 22.4 Å². The number of rotatable bonds is 10. The van der Waals surface area contributed by atoms with E-state index in [0.29, 0.717) is 0 Å². The first kappa shape index (κ1) is 37.3. The molecule has 1 aromatic heterocycles. The molecule has 0 unspecified atom stereocenters. The van der Waals surface area contributed by atoms with Crippen LogP contribution in [-0.2, 0) is 24.9 Å². The van der Waals surface area contributed by atoms with Crippen molar-refractivity contribution in [3.63, 3.8) is 0 Å². The zero-order valence-corrected chi connectivity index (χ0v) is 31.4. The van der Waals surface area contributed by atoms with Crippen molar-refractivity contribution in [2.45, 2.75) is 86.9 Å². The van der Waals surface area contributed by atoms with Crippen molar-refractivity contribution in [2.75, 3.05) is 0 Å². The molecule has 237 valence electrons. The number of aliphatic hydroxyl groups excluding tert-OH is 1. The van der Waals surface area contributed by atoms with Crippen molar-refractivity contribution in [1.29, 1.82) is 0 Å². The minimum atomic E-state index is -1.40. The van der Waals surface area contributed by atoms with Gasteiger partial charge in [-0.3, -0.25) is 9.78 Å². The van der Waals surface area contributed by atoms with Crippen LogP contribution < -0.4 is 5.19 Å². The van der Waals surface area contributed by atoms with Crippen molar-refractivity contribution in [3.05, 3.63) is 95.8 Å². The Labute approximate surface area is 280 Å². The number of hydrogen-bond acceptors (Lipinski definition) is 3. The first-order valence-electron chi connectivity index (χ1n) is 15.9. The van der Waals surface area contributed by atoms with Crippen LogP contribution in [-0.4, -0.2) is 23.9 Å². The monoisotopic (exact) mass is 785 g/mol. The first-order chi connectivity index (χ1) is 20.4. The molecule has 4 aromatic rings. The van der Waals surface area contributed by atoms with E-state index in [1.54, 1.807) is 0 Å². The number of aromatic nitrogens is 1. The normalized spacial score (nSPS) is 11.8. The maximum Gasteiger partial charge on any atom is 0.162 e. The number of hydrogen-bond donors (Lipinski definition) is 1. The quantitative estimate of drug-likeness (QED) is 0.0754. The van der Waals surface area contributed by atoms with E-state index in [2.05, 4.69) is 106 Å². The molecule has 0 fully saturated rings. The topological polar surface area (TPSA) is 50.2 Å². The molecule has 0 saturated heterocycles. The number of aryl methyl sites for hydroxylation is 2. The number of carbonyl (C=O) groups excluding carboxylic acids is 1. The van der Waals surface area contributed by atoms with Gasteiger partial charge in [0.05, 0.1) is 19.3 Å². The minimum Gasteiger partial charge on any atom is -0.512 e. The Morgan fingerprint density at radius 3 is 2.02 bits per heavy atom. The SMILES string of the molecule is CCC(CC)C(=O)/C=C(\O)C(CC)CC.Cc1[c-]c(-c2cc(-c3ccccc3)c3cc([Si](C)(C)C)ccc3n2)cc(C)c1.[Ir]. The average molecular weight is 785 g/mol. The molecule has 0 saturated carbocycles. The smallest absolute Gasteiger partial charge is 0.162 e. The van der Waals surface area contributed by atoms with E-state index in [0.717, 1.165) is 48.0 Å². The second kappa shape index (κ2) is 17.0. The number of ketones is 1. The summed E-state index contributed by atoms with van der Waals surface area (Å²) in [6.45, 7) is 19.5. The van der Waals surface area contributed by atoms with E-state index in [9.17, 15) is 9.90 Å². The van der Waals surface area contributed by atoms with E-state index in [1.165, 1.54) is 33.3 Å². The Morgan fingerprint density at radius 1 is 0.864 bits per heavy atom. The summed E-state index contributed by atoms with van der Waals surface area (Å²) in [5.41, 5.74) is 7.95. The van der Waals surface area contributed by atoms with Crippen LogP contribution in [0.15, 0.2) is 78.6 Å². The summed E-state index contributed by atoms with van der Waals surface area (Å²) in [6.07, 6.45) is 4.91. The van der Waals surface area contributed by atoms with E-state index >= 15 is 0 Å². The molecule has 44 heavy (non-hydrogen) atoms. The van der Waals surface area contributed by atoms with Gasteiger partial charge in [-0.15, -0.1) is 34.9 Å². The summed E-state index contributed by atoms with van der Waals surface area (Å²) >= 11 is 0. The third kappa shape index (κ3) is 9.82. The van der Waals surface area contributed by atoms with Gasteiger partial charge in [-0.25, -0.2) is 0 Å². The molecule has 3 aromatic carbocycles. The van der Waals surface area contributed by atoms with Crippen molar-refractivity contribution in [1.82, 2.24) is 4.98 Å². The molecule has 0 atom stereocenters. The molecule has 0 spiro atoms. The van der Waals surface area contributed by atoms with Crippen LogP contribution in [0.4, 0.5) is 0 Å². The molecular formula is C39H50IrNO2Si-. The zero-order chi connectivity index (χ0) is 31.7. The molecule has 3 nitrogen and oxygen atoms in total. The molecule has 0 aliphatic rings. The van der Waals surface area contributed by atoms with Gasteiger partial charge in [0.2, 0.25) is 0 Å². The number of carbonyl (C=O) groups is 1. The predicted molar refractivity (Wildman–Crippen MR) is 188 cm³/mol. The third-order valence-electron chi connectivity index (χ3n) is 8.27. The first-order valence-corrected chi connectivity index (χ1v) is 19.4. The van der Waals surface area contributed by atoms with Crippen molar-refractivity contribution >= 4 is 29.9 Å². The van der Waals surface area contributed by atoms with Crippen LogP contribution in [0.1, 0.15) is 64.5 Å². The molecular weight excluding hydrogens is 735 g/mol. The van der Waals surface area contributed by atoms with Crippen molar-refractivity contribution < 1.29 is 30.0 Å². The van der Waals surface area contributed by atoms with Crippen LogP contribution in [0.5, 0.6) is 0 Å². The molecule has 0 amide bonds. The number of pyridine rings is 1. The van der Waals surface area contributed by atoms with Gasteiger partial charge in [0.15, 0.2) is 5.78 Å². The zero-order valence-electron chi connectivity index (χ0n) is 28.0. The Hall–Kier alpha value is -2.85. The fraction of sp³-hybridized carbons (Fsp3) is 0.385. The Morgan fingerprint density at radius 2 is 1.48 bits per heavy atom. The van der Waals surface area contributed by atoms with Crippen LogP contribution in [0.3, 0.4) is 0 Å². The van der Waals surface area contributed by atoms with E-state index in [4.69, 9.17) is 4.98 Å². The standard InChI is InChI=1S/C26H26NSi.C13H24O2.Ir/c1-18-13-19(2)15-21(14-18)26-17-23(20-9-7-6-8-10-20)24-16-22(28(3,4)5)11-12-25(24)27-26;1-5-10(6-2)12(14)9-13(15)11(7-3)8-4;/h6-14,16-17H,1-5H3;9-11,14H,5-8H2,1-4H3;/q-1;;/b;12-9-;. The van der Waals surface area contributed by atoms with Crippen LogP contribution in [0, 0.1) is 31.7 Å². The van der Waals surface area contributed by atoms with Crippen LogP contribution in [0.25, 0.3) is 33.3 Å². The predicted octanol–water partition coefficient (Wildman–Crippen LogP) is 10.4. The third-order valence-corrected chi connectivity index (χ3v) is 10.3. The van der Waals surface area contributed by atoms with Crippen molar-refractivity contribution in [2.24, 2.45) is 11.8 Å². The number of benzene rings is 3.